The van der Waals surface area contributed by atoms with Crippen LogP contribution in [0.1, 0.15) is 43.7 Å². The first-order valence-corrected chi connectivity index (χ1v) is 16.4. The number of nitrogens with zero attached hydrogens (tertiary/aromatic N) is 2. The van der Waals surface area contributed by atoms with E-state index in [0.717, 1.165) is 43.8 Å². The van der Waals surface area contributed by atoms with Crippen LogP contribution in [0.2, 0.25) is 0 Å². The minimum Gasteiger partial charge on any atom is -0.493 e. The molecule has 1 N–H and O–H groups in total. The van der Waals surface area contributed by atoms with Crippen molar-refractivity contribution in [3.63, 3.8) is 0 Å². The Kier molecular flexibility index (Phi) is 9.50. The molecule has 5 rings (SSSR count). The lowest BCUT2D eigenvalue weighted by Gasteiger charge is -2.42. The third-order valence-electron chi connectivity index (χ3n) is 8.62. The van der Waals surface area contributed by atoms with E-state index in [1.165, 1.54) is 9.87 Å². The van der Waals surface area contributed by atoms with Crippen LogP contribution in [0.4, 0.5) is 0 Å². The van der Waals surface area contributed by atoms with E-state index in [9.17, 15) is 13.2 Å². The van der Waals surface area contributed by atoms with E-state index in [-0.39, 0.29) is 17.7 Å². The van der Waals surface area contributed by atoms with Crippen LogP contribution in [0, 0.1) is 0 Å². The lowest BCUT2D eigenvalue weighted by Crippen LogP contribution is -2.55. The summed E-state index contributed by atoms with van der Waals surface area (Å²) in [4.78, 5) is 16.3. The Morgan fingerprint density at radius 2 is 1.57 bits per heavy atom. The molecule has 8 nitrogen and oxygen atoms in total. The number of likely N-dealkylation sites (tertiary alicyclic amines) is 1. The van der Waals surface area contributed by atoms with Gasteiger partial charge in [-0.3, -0.25) is 9.69 Å². The van der Waals surface area contributed by atoms with Crippen LogP contribution in [0.25, 0.3) is 0 Å². The molecule has 2 fully saturated rings. The zero-order chi connectivity index (χ0) is 29.6. The average Bonchev–Trinajstić information content (AvgIpc) is 3.03. The van der Waals surface area contributed by atoms with E-state index in [4.69, 9.17) is 9.47 Å². The van der Waals surface area contributed by atoms with Crippen LogP contribution >= 0.6 is 0 Å². The molecule has 2 saturated heterocycles. The number of hydrogen-bond donors (Lipinski definition) is 1. The molecule has 0 bridgehead atoms. The fourth-order valence-corrected chi connectivity index (χ4v) is 7.19. The lowest BCUT2D eigenvalue weighted by molar-refractivity contribution is -0.129. The van der Waals surface area contributed by atoms with Crippen LogP contribution in [0.5, 0.6) is 17.2 Å². The van der Waals surface area contributed by atoms with Crippen molar-refractivity contribution >= 4 is 15.9 Å². The third kappa shape index (κ3) is 6.80. The highest BCUT2D eigenvalue weighted by Crippen LogP contribution is 2.37. The van der Waals surface area contributed by atoms with E-state index < -0.39 is 15.4 Å². The fraction of sp³-hybridized carbons (Fsp3) is 0.424. The normalized spacial score (nSPS) is 18.3. The van der Waals surface area contributed by atoms with Gasteiger partial charge in [-0.2, -0.15) is 0 Å². The van der Waals surface area contributed by atoms with Crippen LogP contribution in [0.15, 0.2) is 78.9 Å². The minimum atomic E-state index is -3.28. The van der Waals surface area contributed by atoms with Crippen molar-refractivity contribution in [3.8, 4) is 17.2 Å². The molecule has 0 radical (unpaired) electrons. The molecular weight excluding hydrogens is 550 g/mol. The Morgan fingerprint density at radius 3 is 2.24 bits per heavy atom. The van der Waals surface area contributed by atoms with Gasteiger partial charge in [0, 0.05) is 38.8 Å². The van der Waals surface area contributed by atoms with Crippen molar-refractivity contribution in [2.75, 3.05) is 39.0 Å². The van der Waals surface area contributed by atoms with Gasteiger partial charge in [0.2, 0.25) is 15.9 Å². The molecule has 2 aliphatic heterocycles. The second-order valence-electron chi connectivity index (χ2n) is 11.2. The predicted octanol–water partition coefficient (Wildman–Crippen LogP) is 4.95. The van der Waals surface area contributed by atoms with E-state index in [1.807, 2.05) is 66.7 Å². The molecule has 0 spiro atoms. The summed E-state index contributed by atoms with van der Waals surface area (Å²) < 4.78 is 38.0. The fourth-order valence-electron chi connectivity index (χ4n) is 6.09. The predicted molar refractivity (Wildman–Crippen MR) is 164 cm³/mol. The first-order valence-electron chi connectivity index (χ1n) is 14.8. The van der Waals surface area contributed by atoms with Crippen LogP contribution < -0.4 is 14.8 Å². The SMILES string of the molecule is CCS(=O)(=O)N1CCC(C(=O)NC2CCN(Cc3cccc(Oc4ccccc4OC)c3)CC2)(c2ccccc2)CC1. The van der Waals surface area contributed by atoms with Gasteiger partial charge in [-0.1, -0.05) is 54.6 Å². The van der Waals surface area contributed by atoms with Crippen molar-refractivity contribution in [1.29, 1.82) is 0 Å². The maximum Gasteiger partial charge on any atom is 0.230 e. The quantitative estimate of drug-likeness (QED) is 0.359. The van der Waals surface area contributed by atoms with Gasteiger partial charge in [0.1, 0.15) is 5.75 Å². The molecule has 0 atom stereocenters. The van der Waals surface area contributed by atoms with Crippen molar-refractivity contribution < 1.29 is 22.7 Å². The summed E-state index contributed by atoms with van der Waals surface area (Å²) in [5, 5.41) is 3.36. The molecule has 1 amide bonds. The number of sulfonamides is 1. The molecule has 0 aliphatic carbocycles. The third-order valence-corrected chi connectivity index (χ3v) is 10.5. The summed E-state index contributed by atoms with van der Waals surface area (Å²) in [7, 11) is -1.64. The second kappa shape index (κ2) is 13.3. The summed E-state index contributed by atoms with van der Waals surface area (Å²) in [5.74, 6) is 2.23. The van der Waals surface area contributed by atoms with Gasteiger partial charge >= 0.3 is 0 Å². The van der Waals surface area contributed by atoms with Crippen LogP contribution in [-0.2, 0) is 26.8 Å². The number of ether oxygens (including phenoxy) is 2. The molecule has 42 heavy (non-hydrogen) atoms. The first kappa shape index (κ1) is 30.1. The molecule has 3 aromatic carbocycles. The molecule has 0 saturated carbocycles. The Bertz CT molecular complexity index is 1450. The molecule has 0 unspecified atom stereocenters. The molecule has 0 aromatic heterocycles. The van der Waals surface area contributed by atoms with Crippen molar-refractivity contribution in [1.82, 2.24) is 14.5 Å². The highest BCUT2D eigenvalue weighted by Gasteiger charge is 2.45. The van der Waals surface area contributed by atoms with Gasteiger partial charge < -0.3 is 14.8 Å². The second-order valence-corrected chi connectivity index (χ2v) is 13.4. The topological polar surface area (TPSA) is 88.2 Å². The number of piperidine rings is 2. The zero-order valence-electron chi connectivity index (χ0n) is 24.5. The molecule has 3 aromatic rings. The summed E-state index contributed by atoms with van der Waals surface area (Å²) in [5.41, 5.74) is 1.41. The number of carbonyl (C=O) groups is 1. The molecule has 2 aliphatic rings. The number of para-hydroxylation sites is 2. The first-order chi connectivity index (χ1) is 20.3. The van der Waals surface area contributed by atoms with Gasteiger partial charge in [0.05, 0.1) is 18.3 Å². The molecule has 9 heteroatoms. The van der Waals surface area contributed by atoms with Crippen molar-refractivity contribution in [2.45, 2.75) is 50.6 Å². The summed E-state index contributed by atoms with van der Waals surface area (Å²) in [6, 6.07) is 25.7. The minimum absolute atomic E-state index is 0.0156. The number of amides is 1. The maximum atomic E-state index is 13.9. The Balaban J connectivity index is 1.18. The van der Waals surface area contributed by atoms with Crippen molar-refractivity contribution in [2.24, 2.45) is 0 Å². The maximum absolute atomic E-state index is 13.9. The summed E-state index contributed by atoms with van der Waals surface area (Å²) >= 11 is 0. The lowest BCUT2D eigenvalue weighted by atomic mass is 9.72. The van der Waals surface area contributed by atoms with Crippen LogP contribution in [0.3, 0.4) is 0 Å². The van der Waals surface area contributed by atoms with E-state index in [2.05, 4.69) is 22.3 Å². The number of methoxy groups -OCH3 is 1. The van der Waals surface area contributed by atoms with Gasteiger partial charge in [-0.05, 0) is 68.0 Å². The van der Waals surface area contributed by atoms with E-state index in [1.54, 1.807) is 14.0 Å². The zero-order valence-corrected chi connectivity index (χ0v) is 25.3. The summed E-state index contributed by atoms with van der Waals surface area (Å²) in [6.07, 6.45) is 2.69. The summed E-state index contributed by atoms with van der Waals surface area (Å²) in [6.45, 7) is 4.94. The highest BCUT2D eigenvalue weighted by molar-refractivity contribution is 7.89. The number of rotatable bonds is 10. The Labute approximate surface area is 249 Å². The number of nitrogens with one attached hydrogen (secondary N) is 1. The molecule has 224 valence electrons. The number of carbonyl (C=O) groups excluding carboxylic acids is 1. The highest BCUT2D eigenvalue weighted by atomic mass is 32.2. The van der Waals surface area contributed by atoms with Gasteiger partial charge in [-0.15, -0.1) is 0 Å². The average molecular weight is 592 g/mol. The largest absolute Gasteiger partial charge is 0.493 e. The molecular formula is C33H41N3O5S. The van der Waals surface area contributed by atoms with Gasteiger partial charge in [-0.25, -0.2) is 12.7 Å². The van der Waals surface area contributed by atoms with Crippen LogP contribution in [-0.4, -0.2) is 68.6 Å². The monoisotopic (exact) mass is 591 g/mol. The van der Waals surface area contributed by atoms with Crippen molar-refractivity contribution in [3.05, 3.63) is 90.0 Å². The molecule has 2 heterocycles. The van der Waals surface area contributed by atoms with Gasteiger partial charge in [0.15, 0.2) is 11.5 Å². The number of benzene rings is 3. The Hall–Kier alpha value is -3.40. The smallest absolute Gasteiger partial charge is 0.230 e. The standard InChI is InChI=1S/C33H41N3O5S/c1-3-42(38,39)36-22-18-33(19-23-36,27-11-5-4-6-12-27)32(37)34-28-16-20-35(21-17-28)25-26-10-9-13-29(24-26)41-31-15-8-7-14-30(31)40-2/h4-15,24,28H,3,16-23,25H2,1-2H3,(H,34,37). The Morgan fingerprint density at radius 1 is 0.905 bits per heavy atom. The number of hydrogen-bond acceptors (Lipinski definition) is 6. The van der Waals surface area contributed by atoms with Gasteiger partial charge in [0.25, 0.3) is 0 Å². The van der Waals surface area contributed by atoms with E-state index >= 15 is 0 Å². The van der Waals surface area contributed by atoms with E-state index in [0.29, 0.717) is 37.4 Å².